The van der Waals surface area contributed by atoms with E-state index >= 15 is 0 Å². The lowest BCUT2D eigenvalue weighted by Crippen LogP contribution is -2.29. The fourth-order valence-corrected chi connectivity index (χ4v) is 2.54. The number of rotatable bonds is 4. The van der Waals surface area contributed by atoms with Crippen LogP contribution in [0.5, 0.6) is 0 Å². The predicted octanol–water partition coefficient (Wildman–Crippen LogP) is 4.35. The highest BCUT2D eigenvalue weighted by atomic mass is 35.5. The maximum Gasteiger partial charge on any atom is 0.419 e. The van der Waals surface area contributed by atoms with Crippen molar-refractivity contribution in [2.75, 3.05) is 5.32 Å². The summed E-state index contributed by atoms with van der Waals surface area (Å²) in [7, 11) is 0. The van der Waals surface area contributed by atoms with E-state index in [-0.39, 0.29) is 28.1 Å². The van der Waals surface area contributed by atoms with Crippen molar-refractivity contribution in [1.82, 2.24) is 15.3 Å². The summed E-state index contributed by atoms with van der Waals surface area (Å²) in [5.41, 5.74) is -1.58. The van der Waals surface area contributed by atoms with Gasteiger partial charge in [0.1, 0.15) is 5.82 Å². The SMILES string of the molecule is CC(C)(O)c1cc(Cl)c(NC(=O)NCc2ncc(C(F)(F)F)cn2)c(Cl)c1. The predicted molar refractivity (Wildman–Crippen MR) is 94.6 cm³/mol. The van der Waals surface area contributed by atoms with Gasteiger partial charge in [-0.25, -0.2) is 14.8 Å². The zero-order chi connectivity index (χ0) is 20.4. The Labute approximate surface area is 162 Å². The number of benzene rings is 1. The van der Waals surface area contributed by atoms with E-state index in [0.717, 1.165) is 0 Å². The molecule has 2 aromatic rings. The van der Waals surface area contributed by atoms with Crippen molar-refractivity contribution in [3.05, 3.63) is 51.5 Å². The monoisotopic (exact) mass is 422 g/mol. The van der Waals surface area contributed by atoms with Crippen LogP contribution in [0.3, 0.4) is 0 Å². The first kappa shape index (κ1) is 21.2. The van der Waals surface area contributed by atoms with Gasteiger partial charge in [-0.1, -0.05) is 23.2 Å². The van der Waals surface area contributed by atoms with Crippen LogP contribution in [-0.4, -0.2) is 21.1 Å². The minimum absolute atomic E-state index is 0.00674. The van der Waals surface area contributed by atoms with Gasteiger partial charge >= 0.3 is 12.2 Å². The van der Waals surface area contributed by atoms with Crippen LogP contribution in [0, 0.1) is 0 Å². The molecule has 0 spiro atoms. The first-order valence-corrected chi connectivity index (χ1v) is 8.28. The highest BCUT2D eigenvalue weighted by Crippen LogP contribution is 2.35. The zero-order valence-electron chi connectivity index (χ0n) is 14.2. The summed E-state index contributed by atoms with van der Waals surface area (Å²) in [4.78, 5) is 19.1. The number of nitrogens with zero attached hydrogens (tertiary/aromatic N) is 2. The average molecular weight is 423 g/mol. The van der Waals surface area contributed by atoms with E-state index < -0.39 is 23.4 Å². The summed E-state index contributed by atoms with van der Waals surface area (Å²) in [6, 6.07) is 2.21. The third-order valence-electron chi connectivity index (χ3n) is 3.43. The van der Waals surface area contributed by atoms with Crippen molar-refractivity contribution in [2.45, 2.75) is 32.2 Å². The molecular weight excluding hydrogens is 408 g/mol. The van der Waals surface area contributed by atoms with Crippen molar-refractivity contribution >= 4 is 34.9 Å². The van der Waals surface area contributed by atoms with Crippen LogP contribution in [0.25, 0.3) is 0 Å². The van der Waals surface area contributed by atoms with Crippen LogP contribution < -0.4 is 10.6 Å². The Kier molecular flexibility index (Phi) is 6.18. The van der Waals surface area contributed by atoms with Gasteiger partial charge in [-0.2, -0.15) is 13.2 Å². The van der Waals surface area contributed by atoms with Gasteiger partial charge in [-0.3, -0.25) is 0 Å². The molecule has 0 aliphatic carbocycles. The summed E-state index contributed by atoms with van der Waals surface area (Å²) in [5.74, 6) is -0.00674. The number of alkyl halides is 3. The first-order valence-electron chi connectivity index (χ1n) is 7.53. The lowest BCUT2D eigenvalue weighted by Gasteiger charge is -2.20. The molecule has 1 aromatic carbocycles. The molecule has 3 N–H and O–H groups in total. The van der Waals surface area contributed by atoms with Crippen LogP contribution in [0.4, 0.5) is 23.7 Å². The molecule has 11 heteroatoms. The fraction of sp³-hybridized carbons (Fsp3) is 0.312. The van der Waals surface area contributed by atoms with Gasteiger partial charge < -0.3 is 15.7 Å². The largest absolute Gasteiger partial charge is 0.419 e. The number of amides is 2. The third kappa shape index (κ3) is 5.69. The summed E-state index contributed by atoms with van der Waals surface area (Å²) in [5, 5.41) is 15.0. The van der Waals surface area contributed by atoms with Crippen LogP contribution in [0.1, 0.15) is 30.8 Å². The molecule has 2 amide bonds. The average Bonchev–Trinajstić information content (AvgIpc) is 2.55. The lowest BCUT2D eigenvalue weighted by molar-refractivity contribution is -0.138. The molecule has 0 fully saturated rings. The smallest absolute Gasteiger partial charge is 0.386 e. The van der Waals surface area contributed by atoms with Crippen molar-refractivity contribution in [3.63, 3.8) is 0 Å². The van der Waals surface area contributed by atoms with Crippen LogP contribution in [-0.2, 0) is 18.3 Å². The van der Waals surface area contributed by atoms with Gasteiger partial charge in [0.05, 0.1) is 33.4 Å². The molecule has 2 rings (SSSR count). The second-order valence-electron chi connectivity index (χ2n) is 6.07. The lowest BCUT2D eigenvalue weighted by atomic mass is 9.98. The molecule has 0 atom stereocenters. The summed E-state index contributed by atoms with van der Waals surface area (Å²) in [6.45, 7) is 2.90. The summed E-state index contributed by atoms with van der Waals surface area (Å²) >= 11 is 12.2. The van der Waals surface area contributed by atoms with E-state index in [1.165, 1.54) is 12.1 Å². The van der Waals surface area contributed by atoms with Crippen molar-refractivity contribution in [3.8, 4) is 0 Å². The Morgan fingerprint density at radius 2 is 1.63 bits per heavy atom. The van der Waals surface area contributed by atoms with Crippen molar-refractivity contribution < 1.29 is 23.1 Å². The van der Waals surface area contributed by atoms with Gasteiger partial charge in [0.15, 0.2) is 0 Å². The molecule has 0 saturated heterocycles. The molecule has 146 valence electrons. The number of nitrogens with one attached hydrogen (secondary N) is 2. The highest BCUT2D eigenvalue weighted by Gasteiger charge is 2.31. The highest BCUT2D eigenvalue weighted by molar-refractivity contribution is 6.39. The van der Waals surface area contributed by atoms with E-state index in [2.05, 4.69) is 20.6 Å². The molecule has 0 saturated carbocycles. The quantitative estimate of drug-likeness (QED) is 0.683. The Morgan fingerprint density at radius 3 is 2.07 bits per heavy atom. The third-order valence-corrected chi connectivity index (χ3v) is 4.02. The second-order valence-corrected chi connectivity index (χ2v) is 6.88. The van der Waals surface area contributed by atoms with Gasteiger partial charge in [0, 0.05) is 12.4 Å². The number of hydrogen-bond donors (Lipinski definition) is 3. The van der Waals surface area contributed by atoms with E-state index in [1.807, 2.05) is 0 Å². The molecule has 0 bridgehead atoms. The van der Waals surface area contributed by atoms with Crippen LogP contribution >= 0.6 is 23.2 Å². The molecule has 0 aliphatic heterocycles. The van der Waals surface area contributed by atoms with E-state index in [4.69, 9.17) is 23.2 Å². The second kappa shape index (κ2) is 7.87. The first-order chi connectivity index (χ1) is 12.4. The van der Waals surface area contributed by atoms with Crippen LogP contribution in [0.15, 0.2) is 24.5 Å². The number of halogens is 5. The standard InChI is InChI=1S/C16H15Cl2F3N4O2/c1-15(2,27)8-3-10(17)13(11(18)4-8)25-14(26)24-7-12-22-5-9(6-23-12)16(19,20)21/h3-6,27H,7H2,1-2H3,(H2,24,25,26). The topological polar surface area (TPSA) is 87.1 Å². The minimum atomic E-state index is -4.54. The van der Waals surface area contributed by atoms with Crippen LogP contribution in [0.2, 0.25) is 10.0 Å². The minimum Gasteiger partial charge on any atom is -0.386 e. The Bertz CT molecular complexity index is 814. The fourth-order valence-electron chi connectivity index (χ4n) is 1.96. The number of carbonyl (C=O) groups is 1. The molecule has 6 nitrogen and oxygen atoms in total. The molecule has 0 aliphatic rings. The normalized spacial score (nSPS) is 12.0. The maximum absolute atomic E-state index is 12.5. The zero-order valence-corrected chi connectivity index (χ0v) is 15.7. The van der Waals surface area contributed by atoms with E-state index in [1.54, 1.807) is 13.8 Å². The summed E-state index contributed by atoms with van der Waals surface area (Å²) < 4.78 is 37.4. The van der Waals surface area contributed by atoms with Crippen molar-refractivity contribution in [2.24, 2.45) is 0 Å². The molecule has 27 heavy (non-hydrogen) atoms. The summed E-state index contributed by atoms with van der Waals surface area (Å²) in [6.07, 6.45) is -3.28. The van der Waals surface area contributed by atoms with Gasteiger partial charge in [-0.05, 0) is 31.5 Å². The van der Waals surface area contributed by atoms with Crippen molar-refractivity contribution in [1.29, 1.82) is 0 Å². The molecule has 1 aromatic heterocycles. The number of anilines is 1. The number of aromatic nitrogens is 2. The Balaban J connectivity index is 2.02. The van der Waals surface area contributed by atoms with E-state index in [0.29, 0.717) is 18.0 Å². The molecular formula is C16H15Cl2F3N4O2. The molecule has 0 unspecified atom stereocenters. The van der Waals surface area contributed by atoms with Gasteiger partial charge in [0.25, 0.3) is 0 Å². The maximum atomic E-state index is 12.5. The Morgan fingerprint density at radius 1 is 1.11 bits per heavy atom. The number of urea groups is 1. The number of carbonyl (C=O) groups excluding carboxylic acids is 1. The van der Waals surface area contributed by atoms with Gasteiger partial charge in [-0.15, -0.1) is 0 Å². The Hall–Kier alpha value is -2.10. The number of aliphatic hydroxyl groups is 1. The molecule has 1 heterocycles. The van der Waals surface area contributed by atoms with E-state index in [9.17, 15) is 23.1 Å². The van der Waals surface area contributed by atoms with Gasteiger partial charge in [0.2, 0.25) is 0 Å². The number of hydrogen-bond acceptors (Lipinski definition) is 4. The molecule has 0 radical (unpaired) electrons.